The summed E-state index contributed by atoms with van der Waals surface area (Å²) in [5.41, 5.74) is 4.21. The Bertz CT molecular complexity index is 815. The van der Waals surface area contributed by atoms with Crippen molar-refractivity contribution < 1.29 is 4.79 Å². The molecule has 23 heavy (non-hydrogen) atoms. The summed E-state index contributed by atoms with van der Waals surface area (Å²) >= 11 is 0. The van der Waals surface area contributed by atoms with Crippen LogP contribution in [0.2, 0.25) is 0 Å². The number of anilines is 1. The molecule has 0 unspecified atom stereocenters. The molecule has 118 valence electrons. The molecule has 0 atom stereocenters. The molecule has 3 nitrogen and oxygen atoms in total. The fourth-order valence-electron chi connectivity index (χ4n) is 2.99. The van der Waals surface area contributed by atoms with Crippen LogP contribution < -0.4 is 5.32 Å². The zero-order valence-corrected chi connectivity index (χ0v) is 13.6. The van der Waals surface area contributed by atoms with E-state index < -0.39 is 0 Å². The second kappa shape index (κ2) is 6.69. The van der Waals surface area contributed by atoms with E-state index in [9.17, 15) is 4.79 Å². The van der Waals surface area contributed by atoms with Crippen molar-refractivity contribution in [2.24, 2.45) is 5.92 Å². The van der Waals surface area contributed by atoms with Gasteiger partial charge in [0, 0.05) is 23.4 Å². The van der Waals surface area contributed by atoms with Gasteiger partial charge in [0.05, 0.1) is 5.52 Å². The molecule has 1 amide bonds. The highest BCUT2D eigenvalue weighted by atomic mass is 16.1. The number of nitrogens with one attached hydrogen (secondary N) is 2. The molecule has 2 aromatic carbocycles. The smallest absolute Gasteiger partial charge is 0.227 e. The van der Waals surface area contributed by atoms with Gasteiger partial charge in [-0.05, 0) is 42.0 Å². The van der Waals surface area contributed by atoms with Crippen molar-refractivity contribution in [3.63, 3.8) is 0 Å². The Labute approximate surface area is 136 Å². The molecule has 0 bridgehead atoms. The predicted octanol–water partition coefficient (Wildman–Crippen LogP) is 5.21. The molecule has 1 aromatic heterocycles. The van der Waals surface area contributed by atoms with Crippen molar-refractivity contribution in [1.82, 2.24) is 4.98 Å². The Balaban J connectivity index is 1.91. The number of para-hydroxylation sites is 1. The lowest BCUT2D eigenvalue weighted by Gasteiger charge is -2.13. The van der Waals surface area contributed by atoms with Crippen molar-refractivity contribution in [2.45, 2.75) is 26.7 Å². The highest BCUT2D eigenvalue weighted by Crippen LogP contribution is 2.29. The maximum Gasteiger partial charge on any atom is 0.227 e. The molecule has 0 saturated carbocycles. The molecule has 0 spiro atoms. The molecule has 0 fully saturated rings. The molecule has 0 aliphatic heterocycles. The zero-order chi connectivity index (χ0) is 16.2. The molecule has 0 saturated heterocycles. The second-order valence-electron chi connectivity index (χ2n) is 5.83. The third kappa shape index (κ3) is 3.14. The Morgan fingerprint density at radius 2 is 1.87 bits per heavy atom. The van der Waals surface area contributed by atoms with Crippen molar-refractivity contribution in [2.75, 3.05) is 5.32 Å². The number of H-pyrrole nitrogens is 1. The monoisotopic (exact) mass is 306 g/mol. The predicted molar refractivity (Wildman–Crippen MR) is 96.4 cm³/mol. The van der Waals surface area contributed by atoms with E-state index in [1.165, 1.54) is 5.39 Å². The lowest BCUT2D eigenvalue weighted by Crippen LogP contribution is -2.21. The highest BCUT2D eigenvalue weighted by Gasteiger charge is 2.14. The van der Waals surface area contributed by atoms with Gasteiger partial charge in [-0.15, -0.1) is 0 Å². The summed E-state index contributed by atoms with van der Waals surface area (Å²) in [6.07, 6.45) is 3.68. The quantitative estimate of drug-likeness (QED) is 0.667. The van der Waals surface area contributed by atoms with Gasteiger partial charge in [-0.3, -0.25) is 4.79 Å². The highest BCUT2D eigenvalue weighted by molar-refractivity contribution is 5.96. The maximum absolute atomic E-state index is 12.3. The topological polar surface area (TPSA) is 44.9 Å². The third-order valence-corrected chi connectivity index (χ3v) is 4.38. The van der Waals surface area contributed by atoms with Gasteiger partial charge < -0.3 is 10.3 Å². The summed E-state index contributed by atoms with van der Waals surface area (Å²) < 4.78 is 0. The summed E-state index contributed by atoms with van der Waals surface area (Å²) in [6, 6.07) is 16.4. The van der Waals surface area contributed by atoms with E-state index in [0.717, 1.165) is 35.2 Å². The summed E-state index contributed by atoms with van der Waals surface area (Å²) in [5, 5.41) is 4.24. The summed E-state index contributed by atoms with van der Waals surface area (Å²) in [6.45, 7) is 4.10. The lowest BCUT2D eigenvalue weighted by atomic mass is 10.0. The van der Waals surface area contributed by atoms with Crippen LogP contribution in [0.1, 0.15) is 26.7 Å². The SMILES string of the molecule is CCC(CC)C(=O)Nc1cccc(-c2cccc3cc[nH]c23)c1. The number of fused-ring (bicyclic) bond motifs is 1. The fraction of sp³-hybridized carbons (Fsp3) is 0.250. The normalized spacial score (nSPS) is 11.1. The second-order valence-corrected chi connectivity index (χ2v) is 5.83. The number of amides is 1. The van der Waals surface area contributed by atoms with Crippen LogP contribution in [0.15, 0.2) is 54.7 Å². The maximum atomic E-state index is 12.3. The molecule has 1 heterocycles. The molecular weight excluding hydrogens is 284 g/mol. The Morgan fingerprint density at radius 3 is 2.65 bits per heavy atom. The minimum Gasteiger partial charge on any atom is -0.361 e. The van der Waals surface area contributed by atoms with Crippen LogP contribution in [-0.4, -0.2) is 10.9 Å². The van der Waals surface area contributed by atoms with Crippen LogP contribution in [0, 0.1) is 5.92 Å². The fourth-order valence-corrected chi connectivity index (χ4v) is 2.99. The molecule has 3 rings (SSSR count). The Kier molecular flexibility index (Phi) is 4.47. The first kappa shape index (κ1) is 15.3. The van der Waals surface area contributed by atoms with Crippen LogP contribution in [0.25, 0.3) is 22.0 Å². The van der Waals surface area contributed by atoms with E-state index in [2.05, 4.69) is 54.5 Å². The van der Waals surface area contributed by atoms with Gasteiger partial charge in [0.25, 0.3) is 0 Å². The number of hydrogen-bond donors (Lipinski definition) is 2. The Morgan fingerprint density at radius 1 is 1.09 bits per heavy atom. The number of benzene rings is 2. The van der Waals surface area contributed by atoms with E-state index in [-0.39, 0.29) is 11.8 Å². The van der Waals surface area contributed by atoms with E-state index in [4.69, 9.17) is 0 Å². The number of carbonyl (C=O) groups is 1. The number of rotatable bonds is 5. The minimum absolute atomic E-state index is 0.0745. The van der Waals surface area contributed by atoms with Gasteiger partial charge in [0.15, 0.2) is 0 Å². The van der Waals surface area contributed by atoms with Crippen molar-refractivity contribution >= 4 is 22.5 Å². The van der Waals surface area contributed by atoms with Crippen LogP contribution in [0.3, 0.4) is 0 Å². The van der Waals surface area contributed by atoms with Crippen LogP contribution in [0.4, 0.5) is 5.69 Å². The zero-order valence-electron chi connectivity index (χ0n) is 13.6. The van der Waals surface area contributed by atoms with Crippen LogP contribution >= 0.6 is 0 Å². The average Bonchev–Trinajstić information content (AvgIpc) is 3.04. The molecule has 2 N–H and O–H groups in total. The first-order valence-corrected chi connectivity index (χ1v) is 8.20. The number of carbonyl (C=O) groups excluding carboxylic acids is 1. The van der Waals surface area contributed by atoms with Crippen molar-refractivity contribution in [3.8, 4) is 11.1 Å². The van der Waals surface area contributed by atoms with Gasteiger partial charge >= 0.3 is 0 Å². The standard InChI is InChI=1S/C20H22N2O/c1-3-14(4-2)20(23)22-17-9-5-8-16(13-17)18-10-6-7-15-11-12-21-19(15)18/h5-14,21H,3-4H2,1-2H3,(H,22,23). The van der Waals surface area contributed by atoms with Gasteiger partial charge in [-0.25, -0.2) is 0 Å². The van der Waals surface area contributed by atoms with Gasteiger partial charge in [-0.1, -0.05) is 44.2 Å². The lowest BCUT2D eigenvalue weighted by molar-refractivity contribution is -0.120. The van der Waals surface area contributed by atoms with Crippen LogP contribution in [-0.2, 0) is 4.79 Å². The number of aromatic nitrogens is 1. The summed E-state index contributed by atoms with van der Waals surface area (Å²) in [4.78, 5) is 15.6. The number of aromatic amines is 1. The first-order valence-electron chi connectivity index (χ1n) is 8.20. The van der Waals surface area contributed by atoms with Gasteiger partial charge in [0.2, 0.25) is 5.91 Å². The molecule has 0 radical (unpaired) electrons. The van der Waals surface area contributed by atoms with E-state index in [1.807, 2.05) is 24.4 Å². The van der Waals surface area contributed by atoms with Crippen molar-refractivity contribution in [1.29, 1.82) is 0 Å². The summed E-state index contributed by atoms with van der Waals surface area (Å²) in [5.74, 6) is 0.177. The number of hydrogen-bond acceptors (Lipinski definition) is 1. The first-order chi connectivity index (χ1) is 11.2. The van der Waals surface area contributed by atoms with Gasteiger partial charge in [0.1, 0.15) is 0 Å². The molecular formula is C20H22N2O. The summed E-state index contributed by atoms with van der Waals surface area (Å²) in [7, 11) is 0. The average molecular weight is 306 g/mol. The largest absolute Gasteiger partial charge is 0.361 e. The van der Waals surface area contributed by atoms with E-state index >= 15 is 0 Å². The molecule has 3 heteroatoms. The minimum atomic E-state index is 0.0745. The van der Waals surface area contributed by atoms with Crippen molar-refractivity contribution in [3.05, 3.63) is 54.7 Å². The van der Waals surface area contributed by atoms with E-state index in [0.29, 0.717) is 0 Å². The molecule has 0 aliphatic rings. The van der Waals surface area contributed by atoms with Gasteiger partial charge in [-0.2, -0.15) is 0 Å². The molecule has 0 aliphatic carbocycles. The third-order valence-electron chi connectivity index (χ3n) is 4.38. The molecule has 3 aromatic rings. The van der Waals surface area contributed by atoms with Crippen LogP contribution in [0.5, 0.6) is 0 Å². The van der Waals surface area contributed by atoms with E-state index in [1.54, 1.807) is 0 Å². The Hall–Kier alpha value is -2.55.